The standard InChI is InChI=1S/C10H21N3/c1-12-4-3-10-8-9(11)2-5-13(10)7-6-12/h9-10H,2-8,11H2,1H3. The van der Waals surface area contributed by atoms with E-state index < -0.39 is 0 Å². The largest absolute Gasteiger partial charge is 0.328 e. The van der Waals surface area contributed by atoms with E-state index >= 15 is 0 Å². The van der Waals surface area contributed by atoms with Gasteiger partial charge in [0.25, 0.3) is 0 Å². The molecule has 0 radical (unpaired) electrons. The molecule has 0 bridgehead atoms. The molecule has 2 unspecified atom stereocenters. The molecule has 0 spiro atoms. The molecule has 2 aliphatic rings. The number of hydrogen-bond acceptors (Lipinski definition) is 3. The fraction of sp³-hybridized carbons (Fsp3) is 1.00. The quantitative estimate of drug-likeness (QED) is 0.579. The van der Waals surface area contributed by atoms with Crippen LogP contribution in [0.5, 0.6) is 0 Å². The average molecular weight is 183 g/mol. The van der Waals surface area contributed by atoms with Crippen molar-refractivity contribution < 1.29 is 0 Å². The molecule has 2 atom stereocenters. The highest BCUT2D eigenvalue weighted by Crippen LogP contribution is 2.20. The summed E-state index contributed by atoms with van der Waals surface area (Å²) in [5.41, 5.74) is 5.99. The van der Waals surface area contributed by atoms with E-state index in [4.69, 9.17) is 5.73 Å². The smallest absolute Gasteiger partial charge is 0.0123 e. The number of rotatable bonds is 0. The van der Waals surface area contributed by atoms with Gasteiger partial charge in [0, 0.05) is 25.2 Å². The Balaban J connectivity index is 1.95. The maximum absolute atomic E-state index is 5.99. The van der Waals surface area contributed by atoms with E-state index in [0.29, 0.717) is 6.04 Å². The lowest BCUT2D eigenvalue weighted by atomic mass is 9.96. The SMILES string of the molecule is CN1CCC2CC(N)CCN2CC1. The average Bonchev–Trinajstić information content (AvgIpc) is 2.29. The lowest BCUT2D eigenvalue weighted by Crippen LogP contribution is -2.47. The molecule has 13 heavy (non-hydrogen) atoms. The fourth-order valence-electron chi connectivity index (χ4n) is 2.51. The van der Waals surface area contributed by atoms with E-state index in [1.165, 1.54) is 45.4 Å². The Morgan fingerprint density at radius 1 is 1.08 bits per heavy atom. The molecule has 3 nitrogen and oxygen atoms in total. The molecule has 2 aliphatic heterocycles. The van der Waals surface area contributed by atoms with Gasteiger partial charge in [0.15, 0.2) is 0 Å². The third-order valence-electron chi connectivity index (χ3n) is 3.49. The normalized spacial score (nSPS) is 38.3. The first kappa shape index (κ1) is 9.44. The molecule has 3 heteroatoms. The molecule has 2 heterocycles. The highest BCUT2D eigenvalue weighted by molar-refractivity contribution is 4.86. The molecule has 2 saturated heterocycles. The van der Waals surface area contributed by atoms with Crippen LogP contribution < -0.4 is 5.73 Å². The van der Waals surface area contributed by atoms with Crippen molar-refractivity contribution in [2.75, 3.05) is 33.2 Å². The van der Waals surface area contributed by atoms with Crippen molar-refractivity contribution in [1.29, 1.82) is 0 Å². The van der Waals surface area contributed by atoms with E-state index in [1.54, 1.807) is 0 Å². The Kier molecular flexibility index (Phi) is 2.86. The Bertz CT molecular complexity index is 172. The van der Waals surface area contributed by atoms with Crippen LogP contribution >= 0.6 is 0 Å². The zero-order valence-electron chi connectivity index (χ0n) is 8.58. The molecule has 0 aromatic carbocycles. The van der Waals surface area contributed by atoms with E-state index in [9.17, 15) is 0 Å². The van der Waals surface area contributed by atoms with Crippen LogP contribution in [0.3, 0.4) is 0 Å². The maximum atomic E-state index is 5.99. The topological polar surface area (TPSA) is 32.5 Å². The number of piperidine rings is 1. The van der Waals surface area contributed by atoms with Gasteiger partial charge in [-0.1, -0.05) is 0 Å². The molecule has 0 saturated carbocycles. The summed E-state index contributed by atoms with van der Waals surface area (Å²) in [4.78, 5) is 5.07. The van der Waals surface area contributed by atoms with Crippen LogP contribution in [0.25, 0.3) is 0 Å². The van der Waals surface area contributed by atoms with Crippen molar-refractivity contribution >= 4 is 0 Å². The third kappa shape index (κ3) is 2.22. The first-order valence-corrected chi connectivity index (χ1v) is 5.44. The molecular weight excluding hydrogens is 162 g/mol. The van der Waals surface area contributed by atoms with Gasteiger partial charge in [-0.3, -0.25) is 4.90 Å². The highest BCUT2D eigenvalue weighted by atomic mass is 15.2. The van der Waals surface area contributed by atoms with Gasteiger partial charge in [-0.25, -0.2) is 0 Å². The Labute approximate surface area is 80.9 Å². The molecule has 2 rings (SSSR count). The first-order chi connectivity index (χ1) is 6.25. The Morgan fingerprint density at radius 3 is 2.77 bits per heavy atom. The highest BCUT2D eigenvalue weighted by Gasteiger charge is 2.28. The molecule has 0 amide bonds. The molecule has 76 valence electrons. The van der Waals surface area contributed by atoms with Crippen molar-refractivity contribution in [1.82, 2.24) is 9.80 Å². The van der Waals surface area contributed by atoms with Crippen LogP contribution in [-0.2, 0) is 0 Å². The van der Waals surface area contributed by atoms with E-state index in [0.717, 1.165) is 6.04 Å². The minimum atomic E-state index is 0.463. The molecule has 2 N–H and O–H groups in total. The van der Waals surface area contributed by atoms with Crippen LogP contribution in [0.15, 0.2) is 0 Å². The second-order valence-electron chi connectivity index (χ2n) is 4.57. The minimum Gasteiger partial charge on any atom is -0.328 e. The number of hydrogen-bond donors (Lipinski definition) is 1. The molecular formula is C10H21N3. The summed E-state index contributed by atoms with van der Waals surface area (Å²) < 4.78 is 0. The number of fused-ring (bicyclic) bond motifs is 1. The third-order valence-corrected chi connectivity index (χ3v) is 3.49. The Morgan fingerprint density at radius 2 is 1.92 bits per heavy atom. The van der Waals surface area contributed by atoms with Crippen molar-refractivity contribution in [3.8, 4) is 0 Å². The Hall–Kier alpha value is -0.120. The minimum absolute atomic E-state index is 0.463. The summed E-state index contributed by atoms with van der Waals surface area (Å²) in [6.45, 7) is 4.94. The van der Waals surface area contributed by atoms with Crippen LogP contribution in [0, 0.1) is 0 Å². The molecule has 0 aromatic heterocycles. The maximum Gasteiger partial charge on any atom is 0.0123 e. The second-order valence-corrected chi connectivity index (χ2v) is 4.57. The van der Waals surface area contributed by atoms with Gasteiger partial charge in [0.05, 0.1) is 0 Å². The predicted molar refractivity (Wildman–Crippen MR) is 54.7 cm³/mol. The number of likely N-dealkylation sites (N-methyl/N-ethyl adjacent to an activating group) is 1. The summed E-state index contributed by atoms with van der Waals surface area (Å²) in [5.74, 6) is 0. The van der Waals surface area contributed by atoms with Crippen molar-refractivity contribution in [2.45, 2.75) is 31.3 Å². The van der Waals surface area contributed by atoms with Gasteiger partial charge in [0.2, 0.25) is 0 Å². The summed E-state index contributed by atoms with van der Waals surface area (Å²) in [6, 6.07) is 1.23. The van der Waals surface area contributed by atoms with E-state index in [1.807, 2.05) is 0 Å². The molecule has 0 aromatic rings. The molecule has 0 aliphatic carbocycles. The zero-order chi connectivity index (χ0) is 9.26. The second kappa shape index (κ2) is 3.95. The monoisotopic (exact) mass is 183 g/mol. The lowest BCUT2D eigenvalue weighted by Gasteiger charge is -2.36. The van der Waals surface area contributed by atoms with Crippen LogP contribution in [0.4, 0.5) is 0 Å². The fourth-order valence-corrected chi connectivity index (χ4v) is 2.51. The summed E-state index contributed by atoms with van der Waals surface area (Å²) in [5, 5.41) is 0. The van der Waals surface area contributed by atoms with E-state index in [2.05, 4.69) is 16.8 Å². The van der Waals surface area contributed by atoms with Crippen molar-refractivity contribution in [2.24, 2.45) is 5.73 Å². The van der Waals surface area contributed by atoms with Crippen molar-refractivity contribution in [3.05, 3.63) is 0 Å². The van der Waals surface area contributed by atoms with Gasteiger partial charge in [-0.2, -0.15) is 0 Å². The van der Waals surface area contributed by atoms with Gasteiger partial charge in [-0.05, 0) is 39.4 Å². The van der Waals surface area contributed by atoms with Crippen molar-refractivity contribution in [3.63, 3.8) is 0 Å². The lowest BCUT2D eigenvalue weighted by molar-refractivity contribution is 0.143. The van der Waals surface area contributed by atoms with Gasteiger partial charge in [0.1, 0.15) is 0 Å². The molecule has 2 fully saturated rings. The number of nitrogens with zero attached hydrogens (tertiary/aromatic N) is 2. The summed E-state index contributed by atoms with van der Waals surface area (Å²) in [7, 11) is 2.22. The van der Waals surface area contributed by atoms with E-state index in [-0.39, 0.29) is 0 Å². The van der Waals surface area contributed by atoms with Crippen LogP contribution in [-0.4, -0.2) is 55.1 Å². The van der Waals surface area contributed by atoms with Gasteiger partial charge < -0.3 is 10.6 Å². The van der Waals surface area contributed by atoms with Gasteiger partial charge >= 0.3 is 0 Å². The van der Waals surface area contributed by atoms with Crippen LogP contribution in [0.2, 0.25) is 0 Å². The first-order valence-electron chi connectivity index (χ1n) is 5.44. The summed E-state index contributed by atoms with van der Waals surface area (Å²) in [6.07, 6.45) is 3.72. The number of nitrogens with two attached hydrogens (primary N) is 1. The predicted octanol–water partition coefficient (Wildman–Crippen LogP) is 0.114. The zero-order valence-corrected chi connectivity index (χ0v) is 8.58. The van der Waals surface area contributed by atoms with Crippen LogP contribution in [0.1, 0.15) is 19.3 Å². The summed E-state index contributed by atoms with van der Waals surface area (Å²) >= 11 is 0. The van der Waals surface area contributed by atoms with Gasteiger partial charge in [-0.15, -0.1) is 0 Å².